The Morgan fingerprint density at radius 3 is 2.33 bits per heavy atom. The topological polar surface area (TPSA) is 12.9 Å². The lowest BCUT2D eigenvalue weighted by molar-refractivity contribution is 0.796. The molecule has 24 heavy (non-hydrogen) atoms. The molecule has 0 atom stereocenters. The first kappa shape index (κ1) is 16.2. The van der Waals surface area contributed by atoms with Gasteiger partial charge in [-0.2, -0.15) is 0 Å². The van der Waals surface area contributed by atoms with Crippen LogP contribution in [0.15, 0.2) is 72.9 Å². The van der Waals surface area contributed by atoms with Crippen molar-refractivity contribution in [3.05, 3.63) is 89.7 Å². The number of hydrogen-bond acceptors (Lipinski definition) is 1. The number of aromatic nitrogens is 1. The quantitative estimate of drug-likeness (QED) is 0.523. The standard InChI is InChI=1S/C23H23N/c1-2-3-10-19-11-4-6-14-22(19)23-15-7-5-12-20(23)16-17-21-13-8-9-18-24-21/h4-9,11-18H,2-3,10H2,1H3. The highest BCUT2D eigenvalue weighted by molar-refractivity contribution is 5.81. The van der Waals surface area contributed by atoms with Crippen molar-refractivity contribution >= 4 is 12.2 Å². The molecule has 0 unspecified atom stereocenters. The van der Waals surface area contributed by atoms with Gasteiger partial charge in [0, 0.05) is 6.20 Å². The van der Waals surface area contributed by atoms with Crippen LogP contribution in [-0.2, 0) is 6.42 Å². The zero-order valence-corrected chi connectivity index (χ0v) is 14.2. The fourth-order valence-corrected chi connectivity index (χ4v) is 2.91. The van der Waals surface area contributed by atoms with Crippen molar-refractivity contribution < 1.29 is 0 Å². The third kappa shape index (κ3) is 3.99. The fraction of sp³-hybridized carbons (Fsp3) is 0.174. The van der Waals surface area contributed by atoms with E-state index in [2.05, 4.69) is 72.6 Å². The Balaban J connectivity index is 1.97. The minimum atomic E-state index is 0.978. The Hall–Kier alpha value is -2.67. The van der Waals surface area contributed by atoms with Crippen molar-refractivity contribution in [2.45, 2.75) is 26.2 Å². The fourth-order valence-electron chi connectivity index (χ4n) is 2.91. The average Bonchev–Trinajstić information content (AvgIpc) is 2.66. The van der Waals surface area contributed by atoms with Crippen molar-refractivity contribution in [3.63, 3.8) is 0 Å². The van der Waals surface area contributed by atoms with E-state index in [-0.39, 0.29) is 0 Å². The van der Waals surface area contributed by atoms with Crippen molar-refractivity contribution in [2.24, 2.45) is 0 Å². The van der Waals surface area contributed by atoms with E-state index in [0.29, 0.717) is 0 Å². The zero-order valence-electron chi connectivity index (χ0n) is 14.2. The van der Waals surface area contributed by atoms with E-state index in [4.69, 9.17) is 0 Å². The summed E-state index contributed by atoms with van der Waals surface area (Å²) >= 11 is 0. The van der Waals surface area contributed by atoms with Gasteiger partial charge in [-0.05, 0) is 53.3 Å². The Labute approximate surface area is 144 Å². The molecule has 0 radical (unpaired) electrons. The molecule has 3 rings (SSSR count). The monoisotopic (exact) mass is 313 g/mol. The summed E-state index contributed by atoms with van der Waals surface area (Å²) in [5.41, 5.74) is 6.26. The van der Waals surface area contributed by atoms with Crippen LogP contribution >= 0.6 is 0 Å². The summed E-state index contributed by atoms with van der Waals surface area (Å²) in [5, 5.41) is 0. The Morgan fingerprint density at radius 2 is 1.54 bits per heavy atom. The maximum absolute atomic E-state index is 4.37. The van der Waals surface area contributed by atoms with Gasteiger partial charge < -0.3 is 0 Å². The minimum absolute atomic E-state index is 0.978. The van der Waals surface area contributed by atoms with E-state index in [1.807, 2.05) is 24.4 Å². The van der Waals surface area contributed by atoms with Crippen LogP contribution in [0.3, 0.4) is 0 Å². The number of unbranched alkanes of at least 4 members (excludes halogenated alkanes) is 1. The van der Waals surface area contributed by atoms with E-state index in [1.54, 1.807) is 0 Å². The summed E-state index contributed by atoms with van der Waals surface area (Å²) in [5.74, 6) is 0. The van der Waals surface area contributed by atoms with Crippen molar-refractivity contribution in [1.29, 1.82) is 0 Å². The Kier molecular flexibility index (Phi) is 5.57. The molecule has 0 saturated heterocycles. The summed E-state index contributed by atoms with van der Waals surface area (Å²) < 4.78 is 0. The smallest absolute Gasteiger partial charge is 0.0629 e. The maximum Gasteiger partial charge on any atom is 0.0629 e. The largest absolute Gasteiger partial charge is 0.257 e. The van der Waals surface area contributed by atoms with E-state index in [1.165, 1.54) is 35.1 Å². The molecule has 1 heterocycles. The molecule has 1 nitrogen and oxygen atoms in total. The van der Waals surface area contributed by atoms with Gasteiger partial charge >= 0.3 is 0 Å². The van der Waals surface area contributed by atoms with Crippen LogP contribution in [0.4, 0.5) is 0 Å². The second-order valence-corrected chi connectivity index (χ2v) is 5.94. The molecule has 120 valence electrons. The molecule has 3 aromatic rings. The number of aryl methyl sites for hydroxylation is 1. The number of benzene rings is 2. The van der Waals surface area contributed by atoms with Crippen LogP contribution in [0.1, 0.15) is 36.6 Å². The van der Waals surface area contributed by atoms with Crippen LogP contribution in [0.2, 0.25) is 0 Å². The molecular formula is C23H23N. The van der Waals surface area contributed by atoms with Crippen LogP contribution < -0.4 is 0 Å². The van der Waals surface area contributed by atoms with Gasteiger partial charge in [-0.1, -0.05) is 74.0 Å². The van der Waals surface area contributed by atoms with Gasteiger partial charge in [0.15, 0.2) is 0 Å². The summed E-state index contributed by atoms with van der Waals surface area (Å²) in [6, 6.07) is 23.3. The molecule has 0 aliphatic heterocycles. The van der Waals surface area contributed by atoms with E-state index < -0.39 is 0 Å². The van der Waals surface area contributed by atoms with E-state index in [9.17, 15) is 0 Å². The first-order chi connectivity index (χ1) is 11.9. The predicted molar refractivity (Wildman–Crippen MR) is 104 cm³/mol. The van der Waals surface area contributed by atoms with Gasteiger partial charge in [-0.25, -0.2) is 0 Å². The maximum atomic E-state index is 4.37. The lowest BCUT2D eigenvalue weighted by Gasteiger charge is -2.12. The van der Waals surface area contributed by atoms with Gasteiger partial charge in [0.1, 0.15) is 0 Å². The molecule has 0 bridgehead atoms. The number of hydrogen-bond donors (Lipinski definition) is 0. The molecule has 2 aromatic carbocycles. The van der Waals surface area contributed by atoms with E-state index in [0.717, 1.165) is 12.1 Å². The Morgan fingerprint density at radius 1 is 0.792 bits per heavy atom. The molecule has 0 amide bonds. The molecule has 0 spiro atoms. The molecule has 0 saturated carbocycles. The SMILES string of the molecule is CCCCc1ccccc1-c1ccccc1C=Cc1ccccn1. The van der Waals surface area contributed by atoms with Crippen LogP contribution in [-0.4, -0.2) is 4.98 Å². The van der Waals surface area contributed by atoms with Crippen LogP contribution in [0, 0.1) is 0 Å². The molecule has 1 aromatic heterocycles. The van der Waals surface area contributed by atoms with Crippen molar-refractivity contribution in [3.8, 4) is 11.1 Å². The highest BCUT2D eigenvalue weighted by atomic mass is 14.6. The van der Waals surface area contributed by atoms with Crippen LogP contribution in [0.25, 0.3) is 23.3 Å². The minimum Gasteiger partial charge on any atom is -0.257 e. The lowest BCUT2D eigenvalue weighted by Crippen LogP contribution is -1.92. The van der Waals surface area contributed by atoms with E-state index >= 15 is 0 Å². The highest BCUT2D eigenvalue weighted by Gasteiger charge is 2.07. The van der Waals surface area contributed by atoms with Gasteiger partial charge in [-0.15, -0.1) is 0 Å². The third-order valence-corrected chi connectivity index (χ3v) is 4.19. The molecular weight excluding hydrogens is 290 g/mol. The number of rotatable bonds is 6. The molecule has 0 N–H and O–H groups in total. The molecule has 0 fully saturated rings. The Bertz CT molecular complexity index is 803. The van der Waals surface area contributed by atoms with Crippen LogP contribution in [0.5, 0.6) is 0 Å². The normalized spacial score (nSPS) is 11.0. The zero-order chi connectivity index (χ0) is 16.6. The lowest BCUT2D eigenvalue weighted by atomic mass is 9.93. The average molecular weight is 313 g/mol. The first-order valence-corrected chi connectivity index (χ1v) is 8.65. The number of pyridine rings is 1. The third-order valence-electron chi connectivity index (χ3n) is 4.19. The second kappa shape index (κ2) is 8.26. The second-order valence-electron chi connectivity index (χ2n) is 5.94. The van der Waals surface area contributed by atoms with Gasteiger partial charge in [0.05, 0.1) is 5.69 Å². The highest BCUT2D eigenvalue weighted by Crippen LogP contribution is 2.29. The molecule has 0 aliphatic rings. The van der Waals surface area contributed by atoms with Crippen molar-refractivity contribution in [2.75, 3.05) is 0 Å². The van der Waals surface area contributed by atoms with Gasteiger partial charge in [0.25, 0.3) is 0 Å². The summed E-state index contributed by atoms with van der Waals surface area (Å²) in [4.78, 5) is 4.37. The molecule has 1 heteroatoms. The predicted octanol–water partition coefficient (Wildman–Crippen LogP) is 6.26. The summed E-state index contributed by atoms with van der Waals surface area (Å²) in [6.45, 7) is 2.24. The van der Waals surface area contributed by atoms with Gasteiger partial charge in [-0.3, -0.25) is 4.98 Å². The van der Waals surface area contributed by atoms with Gasteiger partial charge in [0.2, 0.25) is 0 Å². The first-order valence-electron chi connectivity index (χ1n) is 8.65. The molecule has 0 aliphatic carbocycles. The van der Waals surface area contributed by atoms with Crippen molar-refractivity contribution in [1.82, 2.24) is 4.98 Å². The number of nitrogens with zero attached hydrogens (tertiary/aromatic N) is 1. The summed E-state index contributed by atoms with van der Waals surface area (Å²) in [7, 11) is 0. The summed E-state index contributed by atoms with van der Waals surface area (Å²) in [6.07, 6.45) is 9.64.